The van der Waals surface area contributed by atoms with Crippen LogP contribution in [0.1, 0.15) is 31.1 Å². The summed E-state index contributed by atoms with van der Waals surface area (Å²) in [6.07, 6.45) is 1.43. The minimum absolute atomic E-state index is 0.0825. The van der Waals surface area contributed by atoms with Gasteiger partial charge in [-0.2, -0.15) is 0 Å². The van der Waals surface area contributed by atoms with E-state index in [0.717, 1.165) is 21.8 Å². The third-order valence-electron chi connectivity index (χ3n) is 3.01. The monoisotopic (exact) mass is 288 g/mol. The van der Waals surface area contributed by atoms with E-state index in [0.29, 0.717) is 0 Å². The van der Waals surface area contributed by atoms with Gasteiger partial charge in [-0.3, -0.25) is 0 Å². The van der Waals surface area contributed by atoms with E-state index in [4.69, 9.17) is 4.74 Å². The van der Waals surface area contributed by atoms with Crippen LogP contribution < -0.4 is 4.74 Å². The molecule has 20 heavy (non-hydrogen) atoms. The smallest absolute Gasteiger partial charge is 0.125 e. The molecule has 0 aliphatic carbocycles. The maximum atomic E-state index is 10.7. The summed E-state index contributed by atoms with van der Waals surface area (Å²) in [6.45, 7) is 3.97. The second-order valence-corrected chi connectivity index (χ2v) is 5.70. The Balaban J connectivity index is 2.40. The van der Waals surface area contributed by atoms with Gasteiger partial charge in [-0.25, -0.2) is 0 Å². The molecule has 2 aromatic carbocycles. The van der Waals surface area contributed by atoms with Crippen LogP contribution in [-0.2, 0) is 0 Å². The van der Waals surface area contributed by atoms with Crippen LogP contribution in [-0.4, -0.2) is 17.5 Å². The first-order valence-corrected chi connectivity index (χ1v) is 7.92. The van der Waals surface area contributed by atoms with Crippen molar-refractivity contribution in [2.45, 2.75) is 31.0 Å². The van der Waals surface area contributed by atoms with Crippen molar-refractivity contribution in [3.8, 4) is 5.75 Å². The molecule has 1 atom stereocenters. The van der Waals surface area contributed by atoms with Crippen molar-refractivity contribution in [2.24, 2.45) is 0 Å². The summed E-state index contributed by atoms with van der Waals surface area (Å²) < 4.78 is 5.79. The minimum atomic E-state index is -0.673. The lowest BCUT2D eigenvalue weighted by Crippen LogP contribution is -2.10. The van der Waals surface area contributed by atoms with Gasteiger partial charge in [-0.15, -0.1) is 11.8 Å². The van der Waals surface area contributed by atoms with Crippen LogP contribution in [0.15, 0.2) is 53.4 Å². The summed E-state index contributed by atoms with van der Waals surface area (Å²) in [7, 11) is 0. The lowest BCUT2D eigenvalue weighted by atomic mass is 10.0. The molecule has 2 nitrogen and oxygen atoms in total. The highest BCUT2D eigenvalue weighted by molar-refractivity contribution is 7.98. The number of hydrogen-bond acceptors (Lipinski definition) is 3. The first-order valence-electron chi connectivity index (χ1n) is 6.70. The Morgan fingerprint density at radius 2 is 1.55 bits per heavy atom. The molecule has 0 aromatic heterocycles. The molecular formula is C17H20O2S. The van der Waals surface area contributed by atoms with Gasteiger partial charge >= 0.3 is 0 Å². The number of benzene rings is 2. The maximum Gasteiger partial charge on any atom is 0.125 e. The molecular weight excluding hydrogens is 268 g/mol. The molecule has 1 unspecified atom stereocenters. The van der Waals surface area contributed by atoms with Crippen LogP contribution in [0.3, 0.4) is 0 Å². The number of hydrogen-bond donors (Lipinski definition) is 1. The molecule has 106 valence electrons. The van der Waals surface area contributed by atoms with Crippen molar-refractivity contribution in [3.05, 3.63) is 59.7 Å². The molecule has 3 heteroatoms. The first-order chi connectivity index (χ1) is 9.63. The van der Waals surface area contributed by atoms with Crippen LogP contribution >= 0.6 is 11.8 Å². The van der Waals surface area contributed by atoms with E-state index >= 15 is 0 Å². The molecule has 0 fully saturated rings. The van der Waals surface area contributed by atoms with Crippen molar-refractivity contribution in [3.63, 3.8) is 0 Å². The third-order valence-corrected chi connectivity index (χ3v) is 3.82. The Labute approximate surface area is 124 Å². The van der Waals surface area contributed by atoms with E-state index in [1.165, 1.54) is 0 Å². The maximum absolute atomic E-state index is 10.7. The summed E-state index contributed by atoms with van der Waals surface area (Å²) in [4.78, 5) is 1.08. The Hall–Kier alpha value is -1.45. The number of ether oxygens (including phenoxy) is 1. The highest BCUT2D eigenvalue weighted by Gasteiger charge is 2.18. The standard InChI is InChI=1S/C17H20O2S/c1-12(2)19-15-10-6-4-8-13(15)17(18)14-9-5-7-11-16(14)20-3/h4-12,17-18H,1-3H3. The molecule has 0 saturated carbocycles. The normalized spacial score (nSPS) is 12.4. The zero-order valence-corrected chi connectivity index (χ0v) is 12.9. The molecule has 1 N–H and O–H groups in total. The van der Waals surface area contributed by atoms with E-state index in [1.807, 2.05) is 68.6 Å². The van der Waals surface area contributed by atoms with Gasteiger partial charge in [0.25, 0.3) is 0 Å². The summed E-state index contributed by atoms with van der Waals surface area (Å²) in [5, 5.41) is 10.7. The first kappa shape index (κ1) is 14.9. The predicted molar refractivity (Wildman–Crippen MR) is 84.5 cm³/mol. The molecule has 0 aliphatic heterocycles. The fraction of sp³-hybridized carbons (Fsp3) is 0.294. The second-order valence-electron chi connectivity index (χ2n) is 4.85. The van der Waals surface area contributed by atoms with Crippen molar-refractivity contribution < 1.29 is 9.84 Å². The Bertz CT molecular complexity index is 566. The Kier molecular flexibility index (Phi) is 5.10. The molecule has 0 heterocycles. The van der Waals surface area contributed by atoms with E-state index in [9.17, 15) is 5.11 Å². The second kappa shape index (κ2) is 6.82. The molecule has 0 radical (unpaired) electrons. The van der Waals surface area contributed by atoms with Crippen LogP contribution in [0.5, 0.6) is 5.75 Å². The van der Waals surface area contributed by atoms with E-state index in [2.05, 4.69) is 0 Å². The molecule has 0 bridgehead atoms. The van der Waals surface area contributed by atoms with Crippen molar-refractivity contribution >= 4 is 11.8 Å². The summed E-state index contributed by atoms with van der Waals surface area (Å²) in [6, 6.07) is 15.6. The van der Waals surface area contributed by atoms with Gasteiger partial charge in [-0.1, -0.05) is 36.4 Å². The summed E-state index contributed by atoms with van der Waals surface area (Å²) >= 11 is 1.64. The summed E-state index contributed by atoms with van der Waals surface area (Å²) in [5.74, 6) is 0.742. The van der Waals surface area contributed by atoms with Crippen LogP contribution in [0.4, 0.5) is 0 Å². The van der Waals surface area contributed by atoms with Crippen molar-refractivity contribution in [1.29, 1.82) is 0 Å². The van der Waals surface area contributed by atoms with Gasteiger partial charge in [0.15, 0.2) is 0 Å². The van der Waals surface area contributed by atoms with Gasteiger partial charge in [0.2, 0.25) is 0 Å². The quantitative estimate of drug-likeness (QED) is 0.833. The molecule has 0 aliphatic rings. The number of thioether (sulfide) groups is 1. The van der Waals surface area contributed by atoms with Gasteiger partial charge in [0.1, 0.15) is 11.9 Å². The van der Waals surface area contributed by atoms with Gasteiger partial charge < -0.3 is 9.84 Å². The fourth-order valence-electron chi connectivity index (χ4n) is 2.13. The van der Waals surface area contributed by atoms with E-state index in [1.54, 1.807) is 11.8 Å². The van der Waals surface area contributed by atoms with E-state index in [-0.39, 0.29) is 6.10 Å². The van der Waals surface area contributed by atoms with Gasteiger partial charge in [0.05, 0.1) is 6.10 Å². The van der Waals surface area contributed by atoms with Crippen LogP contribution in [0.25, 0.3) is 0 Å². The highest BCUT2D eigenvalue weighted by Crippen LogP contribution is 2.34. The third kappa shape index (κ3) is 3.35. The molecule has 0 spiro atoms. The van der Waals surface area contributed by atoms with Crippen molar-refractivity contribution in [1.82, 2.24) is 0 Å². The van der Waals surface area contributed by atoms with E-state index < -0.39 is 6.10 Å². The number of rotatable bonds is 5. The predicted octanol–water partition coefficient (Wildman–Crippen LogP) is 4.28. The van der Waals surface area contributed by atoms with Gasteiger partial charge in [0, 0.05) is 10.5 Å². The van der Waals surface area contributed by atoms with Crippen molar-refractivity contribution in [2.75, 3.05) is 6.26 Å². The average molecular weight is 288 g/mol. The minimum Gasteiger partial charge on any atom is -0.491 e. The molecule has 2 aromatic rings. The zero-order chi connectivity index (χ0) is 14.5. The lowest BCUT2D eigenvalue weighted by Gasteiger charge is -2.19. The molecule has 0 amide bonds. The Morgan fingerprint density at radius 3 is 2.20 bits per heavy atom. The Morgan fingerprint density at radius 1 is 0.950 bits per heavy atom. The molecule has 0 saturated heterocycles. The highest BCUT2D eigenvalue weighted by atomic mass is 32.2. The topological polar surface area (TPSA) is 29.5 Å². The fourth-order valence-corrected chi connectivity index (χ4v) is 2.76. The SMILES string of the molecule is CSc1ccccc1C(O)c1ccccc1OC(C)C. The lowest BCUT2D eigenvalue weighted by molar-refractivity contribution is 0.196. The zero-order valence-electron chi connectivity index (χ0n) is 12.0. The van der Waals surface area contributed by atoms with Crippen LogP contribution in [0, 0.1) is 0 Å². The largest absolute Gasteiger partial charge is 0.491 e. The van der Waals surface area contributed by atoms with Gasteiger partial charge in [-0.05, 0) is 37.8 Å². The summed E-state index contributed by atoms with van der Waals surface area (Å²) in [5.41, 5.74) is 1.72. The average Bonchev–Trinajstić information content (AvgIpc) is 2.46. The number of aliphatic hydroxyl groups is 1. The van der Waals surface area contributed by atoms with Crippen LogP contribution in [0.2, 0.25) is 0 Å². The number of para-hydroxylation sites is 1. The number of aliphatic hydroxyl groups excluding tert-OH is 1. The molecule has 2 rings (SSSR count).